The molecular weight excluding hydrogens is 252 g/mol. The Bertz CT molecular complexity index is 549. The normalized spacial score (nSPS) is 10.3. The summed E-state index contributed by atoms with van der Waals surface area (Å²) in [7, 11) is 0. The Morgan fingerprint density at radius 3 is 2.65 bits per heavy atom. The van der Waals surface area contributed by atoms with Crippen LogP contribution < -0.4 is 5.32 Å². The van der Waals surface area contributed by atoms with Gasteiger partial charge in [0.15, 0.2) is 0 Å². The third-order valence-electron chi connectivity index (χ3n) is 3.16. The molecule has 0 aliphatic carbocycles. The molecule has 2 amide bonds. The number of nitrogens with one attached hydrogen (secondary N) is 1. The molecule has 1 aromatic carbocycles. The molecule has 0 bridgehead atoms. The van der Waals surface area contributed by atoms with Crippen molar-refractivity contribution in [3.8, 4) is 0 Å². The van der Waals surface area contributed by atoms with Gasteiger partial charge in [0.25, 0.3) is 0 Å². The molecule has 0 saturated carbocycles. The van der Waals surface area contributed by atoms with Gasteiger partial charge in [-0.3, -0.25) is 0 Å². The van der Waals surface area contributed by atoms with Crippen LogP contribution in [0.1, 0.15) is 23.8 Å². The summed E-state index contributed by atoms with van der Waals surface area (Å²) in [4.78, 5) is 13.9. The van der Waals surface area contributed by atoms with E-state index in [4.69, 9.17) is 4.42 Å². The highest BCUT2D eigenvalue weighted by atomic mass is 16.3. The van der Waals surface area contributed by atoms with E-state index < -0.39 is 0 Å². The summed E-state index contributed by atoms with van der Waals surface area (Å²) < 4.78 is 5.34. The molecule has 0 radical (unpaired) electrons. The third kappa shape index (κ3) is 3.63. The summed E-state index contributed by atoms with van der Waals surface area (Å²) in [5.74, 6) is 0.782. The Morgan fingerprint density at radius 1 is 1.20 bits per heavy atom. The van der Waals surface area contributed by atoms with Gasteiger partial charge in [0.05, 0.1) is 12.8 Å². The second-order valence-corrected chi connectivity index (χ2v) is 4.70. The van der Waals surface area contributed by atoms with Crippen LogP contribution >= 0.6 is 0 Å². The maximum atomic E-state index is 12.2. The quantitative estimate of drug-likeness (QED) is 0.907. The van der Waals surface area contributed by atoms with E-state index in [2.05, 4.69) is 18.3 Å². The van der Waals surface area contributed by atoms with E-state index in [0.717, 1.165) is 11.3 Å². The highest BCUT2D eigenvalue weighted by Crippen LogP contribution is 2.14. The molecule has 2 rings (SSSR count). The molecule has 0 saturated heterocycles. The minimum absolute atomic E-state index is 0.0767. The maximum absolute atomic E-state index is 12.2. The Hall–Kier alpha value is -2.23. The number of carbonyl (C=O) groups excluding carboxylic acids is 1. The lowest BCUT2D eigenvalue weighted by atomic mass is 10.1. The van der Waals surface area contributed by atoms with Crippen molar-refractivity contribution >= 4 is 6.03 Å². The highest BCUT2D eigenvalue weighted by Gasteiger charge is 2.15. The number of rotatable bonds is 5. The van der Waals surface area contributed by atoms with Crippen molar-refractivity contribution in [2.24, 2.45) is 0 Å². The lowest BCUT2D eigenvalue weighted by Crippen LogP contribution is -2.39. The topological polar surface area (TPSA) is 45.5 Å². The van der Waals surface area contributed by atoms with Crippen LogP contribution in [-0.2, 0) is 13.1 Å². The number of hydrogen-bond acceptors (Lipinski definition) is 2. The summed E-state index contributed by atoms with van der Waals surface area (Å²) in [6.07, 6.45) is 1.62. The molecule has 0 unspecified atom stereocenters. The van der Waals surface area contributed by atoms with E-state index in [1.54, 1.807) is 11.2 Å². The third-order valence-corrected chi connectivity index (χ3v) is 3.16. The fourth-order valence-electron chi connectivity index (χ4n) is 2.05. The van der Waals surface area contributed by atoms with Gasteiger partial charge in [-0.1, -0.05) is 24.3 Å². The molecule has 0 atom stereocenters. The lowest BCUT2D eigenvalue weighted by Gasteiger charge is -2.22. The van der Waals surface area contributed by atoms with Crippen molar-refractivity contribution in [2.75, 3.05) is 6.54 Å². The van der Waals surface area contributed by atoms with E-state index in [0.29, 0.717) is 19.6 Å². The standard InChI is InChI=1S/C16H20N2O2/c1-3-17-16(19)18(12-15-9-6-10-20-15)11-14-8-5-4-7-13(14)2/h4-10H,3,11-12H2,1-2H3,(H,17,19). The molecule has 106 valence electrons. The van der Waals surface area contributed by atoms with E-state index >= 15 is 0 Å². The Balaban J connectivity index is 2.14. The van der Waals surface area contributed by atoms with Crippen molar-refractivity contribution < 1.29 is 9.21 Å². The molecule has 0 spiro atoms. The maximum Gasteiger partial charge on any atom is 0.318 e. The van der Waals surface area contributed by atoms with Crippen LogP contribution in [-0.4, -0.2) is 17.5 Å². The second-order valence-electron chi connectivity index (χ2n) is 4.70. The number of carbonyl (C=O) groups is 1. The zero-order valence-electron chi connectivity index (χ0n) is 11.9. The number of amides is 2. The molecule has 1 aromatic heterocycles. The summed E-state index contributed by atoms with van der Waals surface area (Å²) in [6.45, 7) is 5.61. The summed E-state index contributed by atoms with van der Waals surface area (Å²) in [5.41, 5.74) is 2.33. The van der Waals surface area contributed by atoms with Gasteiger partial charge in [0.2, 0.25) is 0 Å². The zero-order valence-corrected chi connectivity index (χ0v) is 11.9. The van der Waals surface area contributed by atoms with Gasteiger partial charge < -0.3 is 14.6 Å². The second kappa shape index (κ2) is 6.80. The number of urea groups is 1. The van der Waals surface area contributed by atoms with E-state index in [1.807, 2.05) is 37.3 Å². The van der Waals surface area contributed by atoms with Crippen molar-refractivity contribution in [1.29, 1.82) is 0 Å². The van der Waals surface area contributed by atoms with Gasteiger partial charge in [-0.25, -0.2) is 4.79 Å². The summed E-state index contributed by atoms with van der Waals surface area (Å²) in [5, 5.41) is 2.84. The van der Waals surface area contributed by atoms with Crippen LogP contribution in [0, 0.1) is 6.92 Å². The minimum atomic E-state index is -0.0767. The summed E-state index contributed by atoms with van der Waals surface area (Å²) >= 11 is 0. The first-order valence-corrected chi connectivity index (χ1v) is 6.80. The molecule has 1 heterocycles. The van der Waals surface area contributed by atoms with Gasteiger partial charge in [-0.2, -0.15) is 0 Å². The Labute approximate surface area is 119 Å². The average molecular weight is 272 g/mol. The van der Waals surface area contributed by atoms with Crippen LogP contribution in [0.3, 0.4) is 0 Å². The van der Waals surface area contributed by atoms with E-state index in [9.17, 15) is 4.79 Å². The van der Waals surface area contributed by atoms with Gasteiger partial charge in [0.1, 0.15) is 5.76 Å². The molecule has 20 heavy (non-hydrogen) atoms. The fourth-order valence-corrected chi connectivity index (χ4v) is 2.05. The monoisotopic (exact) mass is 272 g/mol. The Kier molecular flexibility index (Phi) is 4.82. The number of aryl methyl sites for hydroxylation is 1. The molecule has 4 nitrogen and oxygen atoms in total. The molecule has 0 aliphatic rings. The molecule has 0 fully saturated rings. The SMILES string of the molecule is CCNC(=O)N(Cc1ccco1)Cc1ccccc1C. The predicted octanol–water partition coefficient (Wildman–Crippen LogP) is 3.32. The first-order chi connectivity index (χ1) is 9.70. The zero-order chi connectivity index (χ0) is 14.4. The first-order valence-electron chi connectivity index (χ1n) is 6.80. The number of hydrogen-bond donors (Lipinski definition) is 1. The fraction of sp³-hybridized carbons (Fsp3) is 0.312. The van der Waals surface area contributed by atoms with Gasteiger partial charge in [0, 0.05) is 13.1 Å². The molecule has 0 aliphatic heterocycles. The average Bonchev–Trinajstić information content (AvgIpc) is 2.93. The number of benzene rings is 1. The van der Waals surface area contributed by atoms with Gasteiger partial charge in [-0.05, 0) is 37.1 Å². The van der Waals surface area contributed by atoms with Crippen LogP contribution in [0.15, 0.2) is 47.1 Å². The van der Waals surface area contributed by atoms with Crippen molar-refractivity contribution in [3.05, 3.63) is 59.5 Å². The molecular formula is C16H20N2O2. The van der Waals surface area contributed by atoms with Crippen molar-refractivity contribution in [3.63, 3.8) is 0 Å². The number of furan rings is 1. The smallest absolute Gasteiger partial charge is 0.318 e. The van der Waals surface area contributed by atoms with Crippen LogP contribution in [0.4, 0.5) is 4.79 Å². The first kappa shape index (κ1) is 14.2. The minimum Gasteiger partial charge on any atom is -0.467 e. The van der Waals surface area contributed by atoms with Crippen LogP contribution in [0.5, 0.6) is 0 Å². The number of nitrogens with zero attached hydrogens (tertiary/aromatic N) is 1. The van der Waals surface area contributed by atoms with Crippen LogP contribution in [0.25, 0.3) is 0 Å². The molecule has 1 N–H and O–H groups in total. The van der Waals surface area contributed by atoms with Crippen molar-refractivity contribution in [2.45, 2.75) is 26.9 Å². The van der Waals surface area contributed by atoms with E-state index in [1.165, 1.54) is 5.56 Å². The predicted molar refractivity (Wildman–Crippen MR) is 78.2 cm³/mol. The van der Waals surface area contributed by atoms with Gasteiger partial charge in [-0.15, -0.1) is 0 Å². The molecule has 2 aromatic rings. The highest BCUT2D eigenvalue weighted by molar-refractivity contribution is 5.74. The van der Waals surface area contributed by atoms with E-state index in [-0.39, 0.29) is 6.03 Å². The lowest BCUT2D eigenvalue weighted by molar-refractivity contribution is 0.188. The summed E-state index contributed by atoms with van der Waals surface area (Å²) in [6, 6.07) is 11.7. The largest absolute Gasteiger partial charge is 0.467 e. The van der Waals surface area contributed by atoms with Gasteiger partial charge >= 0.3 is 6.03 Å². The Morgan fingerprint density at radius 2 is 2.00 bits per heavy atom. The van der Waals surface area contributed by atoms with Crippen molar-refractivity contribution in [1.82, 2.24) is 10.2 Å². The molecule has 4 heteroatoms. The van der Waals surface area contributed by atoms with Crippen LogP contribution in [0.2, 0.25) is 0 Å².